The van der Waals surface area contributed by atoms with Crippen LogP contribution in [0.25, 0.3) is 0 Å². The predicted octanol–water partition coefficient (Wildman–Crippen LogP) is -0.857. The van der Waals surface area contributed by atoms with Crippen LogP contribution in [-0.2, 0) is 4.79 Å². The van der Waals surface area contributed by atoms with Gasteiger partial charge in [-0.05, 0) is 31.1 Å². The van der Waals surface area contributed by atoms with Gasteiger partial charge in [0, 0.05) is 11.9 Å². The minimum atomic E-state index is -0.964. The summed E-state index contributed by atoms with van der Waals surface area (Å²) in [5, 5.41) is 19.9. The average molecular weight is 155 g/mol. The number of aliphatic carboxylic acids is 1. The minimum Gasteiger partial charge on any atom is -0.550 e. The highest BCUT2D eigenvalue weighted by Crippen LogP contribution is 2.48. The molecule has 2 aliphatic carbocycles. The van der Waals surface area contributed by atoms with Gasteiger partial charge in [-0.3, -0.25) is 0 Å². The van der Waals surface area contributed by atoms with Crippen molar-refractivity contribution in [3.63, 3.8) is 0 Å². The first-order valence-electron chi connectivity index (χ1n) is 4.09. The molecule has 0 spiro atoms. The maximum Gasteiger partial charge on any atom is 0.0577 e. The number of carboxylic acid groups (broad SMARTS) is 1. The Labute approximate surface area is 65.0 Å². The monoisotopic (exact) mass is 155 g/mol. The number of rotatable bonds is 1. The molecule has 2 rings (SSSR count). The molecule has 0 unspecified atom stereocenters. The summed E-state index contributed by atoms with van der Waals surface area (Å²) in [5.74, 6) is -1.14. The van der Waals surface area contributed by atoms with Crippen molar-refractivity contribution >= 4 is 5.97 Å². The summed E-state index contributed by atoms with van der Waals surface area (Å²) in [6.07, 6.45) is 2.12. The second-order valence-electron chi connectivity index (χ2n) is 3.65. The van der Waals surface area contributed by atoms with E-state index in [-0.39, 0.29) is 23.9 Å². The number of carbonyl (C=O) groups excluding carboxylic acids is 1. The summed E-state index contributed by atoms with van der Waals surface area (Å²) in [5.41, 5.74) is 0. The number of aliphatic hydroxyl groups excluding tert-OH is 1. The van der Waals surface area contributed by atoms with Crippen LogP contribution in [0.15, 0.2) is 0 Å². The van der Waals surface area contributed by atoms with Gasteiger partial charge in [0.1, 0.15) is 0 Å². The fraction of sp³-hybridized carbons (Fsp3) is 0.875. The molecule has 0 aromatic rings. The van der Waals surface area contributed by atoms with Crippen LogP contribution in [0.3, 0.4) is 0 Å². The van der Waals surface area contributed by atoms with Gasteiger partial charge in [0.05, 0.1) is 6.10 Å². The number of hydrogen-bond donors (Lipinski definition) is 1. The standard InChI is InChI=1S/C8H12O3/c9-6-3-4-1-2-5(6)7(4)8(10)11/h4-7,9H,1-3H2,(H,10,11)/p-1/t4-,5+,6-,7+/m1/s1. The molecule has 2 saturated carbocycles. The fourth-order valence-corrected chi connectivity index (χ4v) is 2.66. The Morgan fingerprint density at radius 2 is 2.18 bits per heavy atom. The molecule has 2 aliphatic rings. The zero-order chi connectivity index (χ0) is 8.01. The normalized spacial score (nSPS) is 48.1. The summed E-state index contributed by atoms with van der Waals surface area (Å²) in [4.78, 5) is 10.6. The number of aliphatic hydroxyl groups is 1. The Kier molecular flexibility index (Phi) is 1.42. The zero-order valence-electron chi connectivity index (χ0n) is 6.19. The van der Waals surface area contributed by atoms with Gasteiger partial charge in [0.2, 0.25) is 0 Å². The SMILES string of the molecule is O=C([O-])[C@H]1[C@@H]2CC[C@H]1[C@H](O)C2. The molecule has 62 valence electrons. The number of hydrogen-bond acceptors (Lipinski definition) is 3. The molecular formula is C8H11O3-. The van der Waals surface area contributed by atoms with Crippen LogP contribution in [0.2, 0.25) is 0 Å². The number of fused-ring (bicyclic) bond motifs is 2. The van der Waals surface area contributed by atoms with Crippen molar-refractivity contribution in [2.45, 2.75) is 25.4 Å². The third-order valence-electron chi connectivity index (χ3n) is 3.15. The lowest BCUT2D eigenvalue weighted by atomic mass is 9.97. The van der Waals surface area contributed by atoms with Crippen LogP contribution in [0.1, 0.15) is 19.3 Å². The lowest BCUT2D eigenvalue weighted by molar-refractivity contribution is -0.313. The molecule has 0 aliphatic heterocycles. The van der Waals surface area contributed by atoms with Crippen LogP contribution < -0.4 is 5.11 Å². The lowest BCUT2D eigenvalue weighted by Crippen LogP contribution is -2.35. The van der Waals surface area contributed by atoms with Crippen LogP contribution in [0.5, 0.6) is 0 Å². The van der Waals surface area contributed by atoms with E-state index >= 15 is 0 Å². The molecule has 2 fully saturated rings. The van der Waals surface area contributed by atoms with E-state index < -0.39 is 5.97 Å². The van der Waals surface area contributed by atoms with Crippen molar-refractivity contribution in [1.29, 1.82) is 0 Å². The molecule has 0 heterocycles. The van der Waals surface area contributed by atoms with Crippen molar-refractivity contribution in [3.8, 4) is 0 Å². The van der Waals surface area contributed by atoms with E-state index in [4.69, 9.17) is 0 Å². The van der Waals surface area contributed by atoms with E-state index in [1.54, 1.807) is 0 Å². The average Bonchev–Trinajstić information content (AvgIpc) is 2.41. The molecule has 4 atom stereocenters. The van der Waals surface area contributed by atoms with Crippen molar-refractivity contribution in [1.82, 2.24) is 0 Å². The summed E-state index contributed by atoms with van der Waals surface area (Å²) in [6, 6.07) is 0. The third-order valence-corrected chi connectivity index (χ3v) is 3.15. The van der Waals surface area contributed by atoms with Gasteiger partial charge in [-0.1, -0.05) is 0 Å². The van der Waals surface area contributed by atoms with Crippen LogP contribution >= 0.6 is 0 Å². The van der Waals surface area contributed by atoms with E-state index in [2.05, 4.69) is 0 Å². The molecular weight excluding hydrogens is 144 g/mol. The first-order chi connectivity index (χ1) is 5.20. The molecule has 3 nitrogen and oxygen atoms in total. The van der Waals surface area contributed by atoms with Gasteiger partial charge >= 0.3 is 0 Å². The zero-order valence-corrected chi connectivity index (χ0v) is 6.19. The van der Waals surface area contributed by atoms with Crippen molar-refractivity contribution in [2.24, 2.45) is 17.8 Å². The molecule has 1 N–H and O–H groups in total. The number of carbonyl (C=O) groups is 1. The van der Waals surface area contributed by atoms with E-state index in [0.717, 1.165) is 12.8 Å². The second kappa shape index (κ2) is 2.21. The van der Waals surface area contributed by atoms with Crippen molar-refractivity contribution < 1.29 is 15.0 Å². The highest BCUT2D eigenvalue weighted by molar-refractivity contribution is 5.69. The predicted molar refractivity (Wildman–Crippen MR) is 35.3 cm³/mol. The molecule has 3 heteroatoms. The van der Waals surface area contributed by atoms with Crippen LogP contribution in [0.4, 0.5) is 0 Å². The van der Waals surface area contributed by atoms with Crippen molar-refractivity contribution in [3.05, 3.63) is 0 Å². The second-order valence-corrected chi connectivity index (χ2v) is 3.65. The molecule has 11 heavy (non-hydrogen) atoms. The first-order valence-corrected chi connectivity index (χ1v) is 4.09. The Balaban J connectivity index is 2.19. The molecule has 0 aromatic carbocycles. The Morgan fingerprint density at radius 3 is 2.45 bits per heavy atom. The van der Waals surface area contributed by atoms with Gasteiger partial charge < -0.3 is 15.0 Å². The summed E-state index contributed by atoms with van der Waals surface area (Å²) >= 11 is 0. The van der Waals surface area contributed by atoms with Gasteiger partial charge in [-0.2, -0.15) is 0 Å². The van der Waals surface area contributed by atoms with E-state index in [1.165, 1.54) is 0 Å². The van der Waals surface area contributed by atoms with E-state index in [0.29, 0.717) is 6.42 Å². The van der Waals surface area contributed by atoms with Gasteiger partial charge in [0.15, 0.2) is 0 Å². The van der Waals surface area contributed by atoms with E-state index in [1.807, 2.05) is 0 Å². The van der Waals surface area contributed by atoms with Gasteiger partial charge in [-0.25, -0.2) is 0 Å². The highest BCUT2D eigenvalue weighted by Gasteiger charge is 2.47. The topological polar surface area (TPSA) is 60.4 Å². The number of carboxylic acids is 1. The Hall–Kier alpha value is -0.570. The maximum atomic E-state index is 10.6. The molecule has 0 aromatic heterocycles. The minimum absolute atomic E-state index is 0.00926. The van der Waals surface area contributed by atoms with Gasteiger partial charge in [0.25, 0.3) is 0 Å². The van der Waals surface area contributed by atoms with Gasteiger partial charge in [-0.15, -0.1) is 0 Å². The highest BCUT2D eigenvalue weighted by atomic mass is 16.4. The first kappa shape index (κ1) is 7.10. The summed E-state index contributed by atoms with van der Waals surface area (Å²) < 4.78 is 0. The summed E-state index contributed by atoms with van der Waals surface area (Å²) in [6.45, 7) is 0. The lowest BCUT2D eigenvalue weighted by Gasteiger charge is -2.17. The quantitative estimate of drug-likeness (QED) is 0.536. The largest absolute Gasteiger partial charge is 0.550 e. The molecule has 0 amide bonds. The van der Waals surface area contributed by atoms with Crippen LogP contribution in [0, 0.1) is 17.8 Å². The van der Waals surface area contributed by atoms with Crippen LogP contribution in [-0.4, -0.2) is 17.2 Å². The Morgan fingerprint density at radius 1 is 1.45 bits per heavy atom. The molecule has 0 saturated heterocycles. The van der Waals surface area contributed by atoms with E-state index in [9.17, 15) is 15.0 Å². The smallest absolute Gasteiger partial charge is 0.0577 e. The maximum absolute atomic E-state index is 10.6. The third kappa shape index (κ3) is 0.872. The van der Waals surface area contributed by atoms with Crippen molar-refractivity contribution in [2.75, 3.05) is 0 Å². The Bertz CT molecular complexity index is 190. The fourth-order valence-electron chi connectivity index (χ4n) is 2.66. The summed E-state index contributed by atoms with van der Waals surface area (Å²) in [7, 11) is 0. The molecule has 2 bridgehead atoms. The molecule has 0 radical (unpaired) electrons.